The molecule has 0 aliphatic carbocycles. The Balaban J connectivity index is 1.54. The number of para-hydroxylation sites is 1. The van der Waals surface area contributed by atoms with E-state index >= 15 is 0 Å². The van der Waals surface area contributed by atoms with Crippen molar-refractivity contribution in [1.29, 1.82) is 0 Å². The van der Waals surface area contributed by atoms with Crippen molar-refractivity contribution in [3.63, 3.8) is 0 Å². The Morgan fingerprint density at radius 1 is 1.00 bits per heavy atom. The lowest BCUT2D eigenvalue weighted by Crippen LogP contribution is -2.21. The van der Waals surface area contributed by atoms with E-state index in [0.717, 1.165) is 4.90 Å². The smallest absolute Gasteiger partial charge is 0.339 e. The molecule has 0 spiro atoms. The van der Waals surface area contributed by atoms with Crippen molar-refractivity contribution in [2.45, 2.75) is 4.90 Å². The highest BCUT2D eigenvalue weighted by Crippen LogP contribution is 2.26. The first kappa shape index (κ1) is 21.5. The monoisotopic (exact) mass is 446 g/mol. The van der Waals surface area contributed by atoms with E-state index in [4.69, 9.17) is 4.74 Å². The Morgan fingerprint density at radius 3 is 2.56 bits per heavy atom. The van der Waals surface area contributed by atoms with E-state index in [1.165, 1.54) is 12.1 Å². The predicted octanol–water partition coefficient (Wildman–Crippen LogP) is 5.56. The fourth-order valence-electron chi connectivity index (χ4n) is 3.22. The SMILES string of the molecule is CSc1cccc(NC(=O)COC(=O)c2cc(-c3ccc(F)cc3)nc3ccccc23)c1. The lowest BCUT2D eigenvalue weighted by molar-refractivity contribution is -0.119. The number of anilines is 1. The lowest BCUT2D eigenvalue weighted by atomic mass is 10.0. The van der Waals surface area contributed by atoms with Crippen LogP contribution < -0.4 is 5.32 Å². The molecule has 0 unspecified atom stereocenters. The quantitative estimate of drug-likeness (QED) is 0.310. The number of benzene rings is 3. The number of hydrogen-bond donors (Lipinski definition) is 1. The fourth-order valence-corrected chi connectivity index (χ4v) is 3.68. The van der Waals surface area contributed by atoms with Gasteiger partial charge in [0.25, 0.3) is 5.91 Å². The van der Waals surface area contributed by atoms with Crippen LogP contribution in [0.1, 0.15) is 10.4 Å². The minimum Gasteiger partial charge on any atom is -0.452 e. The number of esters is 1. The molecule has 32 heavy (non-hydrogen) atoms. The van der Waals surface area contributed by atoms with E-state index < -0.39 is 18.5 Å². The van der Waals surface area contributed by atoms with Gasteiger partial charge in [-0.2, -0.15) is 0 Å². The summed E-state index contributed by atoms with van der Waals surface area (Å²) in [7, 11) is 0. The Morgan fingerprint density at radius 2 is 1.78 bits per heavy atom. The highest BCUT2D eigenvalue weighted by molar-refractivity contribution is 7.98. The van der Waals surface area contributed by atoms with Crippen LogP contribution in [-0.2, 0) is 9.53 Å². The molecule has 0 aliphatic heterocycles. The Kier molecular flexibility index (Phi) is 6.47. The third-order valence-electron chi connectivity index (χ3n) is 4.76. The average molecular weight is 447 g/mol. The van der Waals surface area contributed by atoms with Crippen LogP contribution in [0.2, 0.25) is 0 Å². The number of pyridine rings is 1. The van der Waals surface area contributed by atoms with Gasteiger partial charge in [0, 0.05) is 21.5 Å². The first-order valence-corrected chi connectivity index (χ1v) is 11.0. The van der Waals surface area contributed by atoms with Gasteiger partial charge in [-0.25, -0.2) is 14.2 Å². The number of halogens is 1. The van der Waals surface area contributed by atoms with Crippen molar-refractivity contribution in [2.24, 2.45) is 0 Å². The van der Waals surface area contributed by atoms with Crippen molar-refractivity contribution in [3.05, 3.63) is 90.2 Å². The van der Waals surface area contributed by atoms with Crippen LogP contribution in [-0.4, -0.2) is 29.7 Å². The van der Waals surface area contributed by atoms with Crippen molar-refractivity contribution in [1.82, 2.24) is 4.98 Å². The summed E-state index contributed by atoms with van der Waals surface area (Å²) in [6.07, 6.45) is 1.95. The molecule has 4 aromatic rings. The zero-order valence-electron chi connectivity index (χ0n) is 17.2. The van der Waals surface area contributed by atoms with E-state index in [-0.39, 0.29) is 11.4 Å². The van der Waals surface area contributed by atoms with Crippen LogP contribution in [0.3, 0.4) is 0 Å². The van der Waals surface area contributed by atoms with Crippen molar-refractivity contribution < 1.29 is 18.7 Å². The molecule has 0 radical (unpaired) electrons. The number of hydrogen-bond acceptors (Lipinski definition) is 5. The van der Waals surface area contributed by atoms with E-state index in [0.29, 0.717) is 27.8 Å². The number of aromatic nitrogens is 1. The Bertz CT molecular complexity index is 1290. The Labute approximate surface area is 188 Å². The highest BCUT2D eigenvalue weighted by atomic mass is 32.2. The number of fused-ring (bicyclic) bond motifs is 1. The topological polar surface area (TPSA) is 68.3 Å². The second-order valence-corrected chi connectivity index (χ2v) is 7.82. The predicted molar refractivity (Wildman–Crippen MR) is 124 cm³/mol. The molecule has 5 nitrogen and oxygen atoms in total. The maximum Gasteiger partial charge on any atom is 0.339 e. The zero-order valence-corrected chi connectivity index (χ0v) is 18.0. The van der Waals surface area contributed by atoms with Gasteiger partial charge >= 0.3 is 5.97 Å². The number of nitrogens with one attached hydrogen (secondary N) is 1. The first-order valence-electron chi connectivity index (χ1n) is 9.80. The van der Waals surface area contributed by atoms with Crippen molar-refractivity contribution in [3.8, 4) is 11.3 Å². The molecule has 0 saturated heterocycles. The van der Waals surface area contributed by atoms with Gasteiger partial charge in [-0.15, -0.1) is 11.8 Å². The van der Waals surface area contributed by atoms with Gasteiger partial charge in [0.15, 0.2) is 6.61 Å². The maximum atomic E-state index is 13.3. The van der Waals surface area contributed by atoms with Gasteiger partial charge in [0.2, 0.25) is 0 Å². The van der Waals surface area contributed by atoms with E-state index in [1.54, 1.807) is 54.2 Å². The molecule has 1 aromatic heterocycles. The van der Waals surface area contributed by atoms with Crippen molar-refractivity contribution in [2.75, 3.05) is 18.2 Å². The third kappa shape index (κ3) is 4.95. The lowest BCUT2D eigenvalue weighted by Gasteiger charge is -2.11. The second kappa shape index (κ2) is 9.62. The number of ether oxygens (including phenoxy) is 1. The summed E-state index contributed by atoms with van der Waals surface area (Å²) in [5, 5.41) is 3.33. The summed E-state index contributed by atoms with van der Waals surface area (Å²) >= 11 is 1.56. The van der Waals surface area contributed by atoms with Gasteiger partial charge in [-0.05, 0) is 60.9 Å². The molecule has 0 aliphatic rings. The van der Waals surface area contributed by atoms with Crippen LogP contribution in [0.5, 0.6) is 0 Å². The number of amides is 1. The largest absolute Gasteiger partial charge is 0.452 e. The van der Waals surface area contributed by atoms with Crippen LogP contribution >= 0.6 is 11.8 Å². The standard InChI is InChI=1S/C25H19FN2O3S/c1-32-19-6-4-5-18(13-19)27-24(29)15-31-25(30)21-14-23(16-9-11-17(26)12-10-16)28-22-8-3-2-7-20(21)22/h2-14H,15H2,1H3,(H,27,29). The summed E-state index contributed by atoms with van der Waals surface area (Å²) in [5.74, 6) is -1.43. The molecule has 0 saturated carbocycles. The number of carbonyl (C=O) groups is 2. The van der Waals surface area contributed by atoms with E-state index in [1.807, 2.05) is 30.5 Å². The summed E-state index contributed by atoms with van der Waals surface area (Å²) in [6.45, 7) is -0.426. The molecular formula is C25H19FN2O3S. The normalized spacial score (nSPS) is 10.7. The molecule has 1 heterocycles. The van der Waals surface area contributed by atoms with Crippen molar-refractivity contribution >= 4 is 40.2 Å². The Hall–Kier alpha value is -3.71. The van der Waals surface area contributed by atoms with Crippen LogP contribution in [0.25, 0.3) is 22.2 Å². The summed E-state index contributed by atoms with van der Waals surface area (Å²) < 4.78 is 18.6. The van der Waals surface area contributed by atoms with Gasteiger partial charge in [-0.1, -0.05) is 24.3 Å². The van der Waals surface area contributed by atoms with Crippen LogP contribution in [0.15, 0.2) is 83.8 Å². The van der Waals surface area contributed by atoms with E-state index in [9.17, 15) is 14.0 Å². The van der Waals surface area contributed by atoms with Gasteiger partial charge in [0.05, 0.1) is 16.8 Å². The minimum absolute atomic E-state index is 0.284. The summed E-state index contributed by atoms with van der Waals surface area (Å²) in [6, 6.07) is 22.0. The molecule has 0 fully saturated rings. The van der Waals surface area contributed by atoms with Crippen LogP contribution in [0.4, 0.5) is 10.1 Å². The van der Waals surface area contributed by atoms with Gasteiger partial charge in [0.1, 0.15) is 5.82 Å². The first-order chi connectivity index (χ1) is 15.5. The molecule has 160 valence electrons. The molecule has 1 amide bonds. The maximum absolute atomic E-state index is 13.3. The average Bonchev–Trinajstić information content (AvgIpc) is 2.82. The molecule has 0 atom stereocenters. The zero-order chi connectivity index (χ0) is 22.5. The molecular weight excluding hydrogens is 427 g/mol. The van der Waals surface area contributed by atoms with Crippen LogP contribution in [0, 0.1) is 5.82 Å². The second-order valence-electron chi connectivity index (χ2n) is 6.94. The molecule has 7 heteroatoms. The minimum atomic E-state index is -0.639. The molecule has 0 bridgehead atoms. The molecule has 4 rings (SSSR count). The van der Waals surface area contributed by atoms with E-state index in [2.05, 4.69) is 10.3 Å². The summed E-state index contributed by atoms with van der Waals surface area (Å²) in [5.41, 5.74) is 2.68. The third-order valence-corrected chi connectivity index (χ3v) is 5.49. The summed E-state index contributed by atoms with van der Waals surface area (Å²) in [4.78, 5) is 30.7. The van der Waals surface area contributed by atoms with Gasteiger partial charge in [-0.3, -0.25) is 4.79 Å². The number of thioether (sulfide) groups is 1. The molecule has 3 aromatic carbocycles. The number of carbonyl (C=O) groups excluding carboxylic acids is 2. The molecule has 1 N–H and O–H groups in total. The van der Waals surface area contributed by atoms with Gasteiger partial charge < -0.3 is 10.1 Å². The number of rotatable bonds is 6. The fraction of sp³-hybridized carbons (Fsp3) is 0.0800. The number of nitrogens with zero attached hydrogens (tertiary/aromatic N) is 1. The highest BCUT2D eigenvalue weighted by Gasteiger charge is 2.17.